The first-order chi connectivity index (χ1) is 12.3. The van der Waals surface area contributed by atoms with Gasteiger partial charge in [0.05, 0.1) is 0 Å². The van der Waals surface area contributed by atoms with Crippen LogP contribution in [-0.2, 0) is 4.79 Å². The van der Waals surface area contributed by atoms with Crippen molar-refractivity contribution >= 4 is 27.5 Å². The van der Waals surface area contributed by atoms with E-state index in [1.54, 1.807) is 19.1 Å². The highest BCUT2D eigenvalue weighted by Gasteiger charge is 2.20. The van der Waals surface area contributed by atoms with Crippen molar-refractivity contribution in [1.82, 2.24) is 0 Å². The Labute approximate surface area is 145 Å². The monoisotopic (exact) mass is 347 g/mol. The molecule has 0 fully saturated rings. The van der Waals surface area contributed by atoms with Crippen LogP contribution in [-0.4, -0.2) is 11.1 Å². The van der Waals surface area contributed by atoms with Gasteiger partial charge in [0.2, 0.25) is 5.43 Å². The van der Waals surface area contributed by atoms with Gasteiger partial charge >= 0.3 is 5.97 Å². The van der Waals surface area contributed by atoms with Crippen molar-refractivity contribution in [2.75, 3.05) is 0 Å². The molecule has 2 aliphatic carbocycles. The molecule has 0 aliphatic heterocycles. The Morgan fingerprint density at radius 3 is 2.42 bits per heavy atom. The molecule has 2 N–H and O–H groups in total. The van der Waals surface area contributed by atoms with Crippen LogP contribution in [0.3, 0.4) is 0 Å². The molecule has 128 valence electrons. The number of ether oxygens (including phenoxy) is 1. The fourth-order valence-corrected chi connectivity index (χ4v) is 3.53. The van der Waals surface area contributed by atoms with Crippen LogP contribution in [0.4, 0.5) is 0 Å². The number of phenolic OH excluding ortho intramolecular Hbond substituents is 1. The Morgan fingerprint density at radius 2 is 1.73 bits per heavy atom. The summed E-state index contributed by atoms with van der Waals surface area (Å²) >= 11 is 0. The first kappa shape index (κ1) is 16.0. The lowest BCUT2D eigenvalue weighted by atomic mass is 10.0. The summed E-state index contributed by atoms with van der Waals surface area (Å²) in [5, 5.41) is 19.2. The molecule has 26 heavy (non-hydrogen) atoms. The number of aryl methyl sites for hydroxylation is 1. The van der Waals surface area contributed by atoms with Crippen LogP contribution in [0.25, 0.3) is 21.5 Å². The molecule has 0 unspecified atom stereocenters. The van der Waals surface area contributed by atoms with Gasteiger partial charge in [-0.15, -0.1) is 0 Å². The topological polar surface area (TPSA) is 105 Å². The minimum absolute atomic E-state index is 0.00139. The number of esters is 1. The van der Waals surface area contributed by atoms with Crippen LogP contribution in [0.2, 0.25) is 0 Å². The Balaban J connectivity index is 2.46. The molecule has 0 spiro atoms. The lowest BCUT2D eigenvalue weighted by Crippen LogP contribution is -2.26. The zero-order chi connectivity index (χ0) is 18.7. The van der Waals surface area contributed by atoms with Gasteiger partial charge in [0.1, 0.15) is 16.9 Å². The fraction of sp³-hybridized carbons (Fsp3) is 0.100. The third kappa shape index (κ3) is 1.99. The summed E-state index contributed by atoms with van der Waals surface area (Å²) in [6, 6.07) is 7.66. The van der Waals surface area contributed by atoms with E-state index in [4.69, 9.17) is 10.1 Å². The molecule has 2 aromatic carbocycles. The average Bonchev–Trinajstić information content (AvgIpc) is 2.86. The van der Waals surface area contributed by atoms with Crippen LogP contribution >= 0.6 is 0 Å². The molecule has 0 bridgehead atoms. The number of benzene rings is 2. The van der Waals surface area contributed by atoms with E-state index in [-0.39, 0.29) is 48.8 Å². The van der Waals surface area contributed by atoms with Crippen molar-refractivity contribution in [1.29, 1.82) is 5.41 Å². The van der Waals surface area contributed by atoms with Gasteiger partial charge in [-0.05, 0) is 30.7 Å². The summed E-state index contributed by atoms with van der Waals surface area (Å²) in [6.07, 6.45) is 0. The van der Waals surface area contributed by atoms with Gasteiger partial charge in [-0.25, -0.2) is 0 Å². The van der Waals surface area contributed by atoms with Gasteiger partial charge in [0, 0.05) is 38.9 Å². The number of carbonyl (C=O) groups excluding carboxylic acids is 1. The number of hydrogen-bond acceptors (Lipinski definition) is 6. The number of hydrogen-bond donors (Lipinski definition) is 2. The molecule has 0 amide bonds. The van der Waals surface area contributed by atoms with Gasteiger partial charge in [0.15, 0.2) is 5.43 Å². The number of carbonyl (C=O) groups is 1. The van der Waals surface area contributed by atoms with Crippen LogP contribution in [0.1, 0.15) is 12.5 Å². The molecule has 0 heterocycles. The fourth-order valence-electron chi connectivity index (χ4n) is 3.53. The smallest absolute Gasteiger partial charge is 0.308 e. The van der Waals surface area contributed by atoms with Crippen LogP contribution < -0.4 is 21.0 Å². The predicted molar refractivity (Wildman–Crippen MR) is 95.2 cm³/mol. The van der Waals surface area contributed by atoms with Gasteiger partial charge in [-0.2, -0.15) is 0 Å². The zero-order valence-corrected chi connectivity index (χ0v) is 14.0. The molecular weight excluding hydrogens is 334 g/mol. The highest BCUT2D eigenvalue weighted by molar-refractivity contribution is 5.97. The van der Waals surface area contributed by atoms with E-state index in [1.807, 2.05) is 0 Å². The number of phenols is 1. The van der Waals surface area contributed by atoms with Crippen LogP contribution in [0, 0.1) is 22.8 Å². The lowest BCUT2D eigenvalue weighted by molar-refractivity contribution is -0.131. The normalized spacial score (nSPS) is 11.5. The van der Waals surface area contributed by atoms with Gasteiger partial charge in [-0.3, -0.25) is 19.8 Å². The van der Waals surface area contributed by atoms with Crippen molar-refractivity contribution in [2.45, 2.75) is 13.8 Å². The molecule has 2 aromatic rings. The molecule has 6 nitrogen and oxygen atoms in total. The summed E-state index contributed by atoms with van der Waals surface area (Å²) in [7, 11) is 0. The Hall–Kier alpha value is -3.54. The van der Waals surface area contributed by atoms with E-state index in [0.717, 1.165) is 0 Å². The molecule has 0 saturated heterocycles. The van der Waals surface area contributed by atoms with Gasteiger partial charge < -0.3 is 9.84 Å². The first-order valence-corrected chi connectivity index (χ1v) is 7.89. The SMILES string of the molecule is CC(=O)Oc1cccc2c(=O)c3c4c(O)cc(C)cc4c(=N)c(=O)c=3c12. The van der Waals surface area contributed by atoms with Gasteiger partial charge in [0.25, 0.3) is 0 Å². The second-order valence-electron chi connectivity index (χ2n) is 6.26. The molecule has 4 rings (SSSR count). The molecular formula is C20H13NO5. The Morgan fingerprint density at radius 1 is 1.04 bits per heavy atom. The Kier molecular flexibility index (Phi) is 3.21. The minimum atomic E-state index is -0.635. The third-order valence-electron chi connectivity index (χ3n) is 4.49. The highest BCUT2D eigenvalue weighted by atomic mass is 16.5. The van der Waals surface area contributed by atoms with Crippen molar-refractivity contribution in [3.8, 4) is 11.5 Å². The van der Waals surface area contributed by atoms with Crippen molar-refractivity contribution in [3.63, 3.8) is 0 Å². The van der Waals surface area contributed by atoms with Crippen molar-refractivity contribution in [3.05, 3.63) is 72.1 Å². The minimum Gasteiger partial charge on any atom is -0.507 e. The average molecular weight is 347 g/mol. The number of aromatic hydroxyl groups is 1. The maximum absolute atomic E-state index is 13.0. The molecule has 0 aromatic heterocycles. The van der Waals surface area contributed by atoms with E-state index in [0.29, 0.717) is 5.56 Å². The second-order valence-corrected chi connectivity index (χ2v) is 6.26. The highest BCUT2D eigenvalue weighted by Crippen LogP contribution is 2.30. The lowest BCUT2D eigenvalue weighted by Gasteiger charge is -2.04. The van der Waals surface area contributed by atoms with Gasteiger partial charge in [-0.1, -0.05) is 12.1 Å². The van der Waals surface area contributed by atoms with Crippen molar-refractivity contribution < 1.29 is 14.6 Å². The first-order valence-electron chi connectivity index (χ1n) is 7.89. The number of nitrogens with one attached hydrogen (secondary N) is 1. The maximum atomic E-state index is 13.0. The van der Waals surface area contributed by atoms with Crippen molar-refractivity contribution in [2.24, 2.45) is 0 Å². The van der Waals surface area contributed by atoms with E-state index < -0.39 is 16.8 Å². The molecule has 0 radical (unpaired) electrons. The molecule has 0 atom stereocenters. The predicted octanol–water partition coefficient (Wildman–Crippen LogP) is 1.73. The second kappa shape index (κ2) is 5.23. The number of rotatable bonds is 1. The summed E-state index contributed by atoms with van der Waals surface area (Å²) in [5.74, 6) is -0.665. The number of fused-ring (bicyclic) bond motifs is 4. The Bertz CT molecular complexity index is 1460. The van der Waals surface area contributed by atoms with E-state index in [1.165, 1.54) is 25.1 Å². The van der Waals surface area contributed by atoms with Crippen LogP contribution in [0.5, 0.6) is 11.5 Å². The summed E-state index contributed by atoms with van der Waals surface area (Å²) in [5.41, 5.74) is -0.402. The molecule has 6 heteroatoms. The van der Waals surface area contributed by atoms with E-state index in [9.17, 15) is 19.5 Å². The molecule has 2 aliphatic rings. The molecule has 0 saturated carbocycles. The largest absolute Gasteiger partial charge is 0.507 e. The standard InChI is InChI=1S/C20H13NO5/c1-8-6-11-14(12(23)7-8)16-17(20(25)18(11)21)15-10(19(16)24)4-3-5-13(15)26-9(2)22/h3-7,21,23H,1-2H3. The maximum Gasteiger partial charge on any atom is 0.308 e. The quantitative estimate of drug-likeness (QED) is 0.403. The third-order valence-corrected chi connectivity index (χ3v) is 4.49. The summed E-state index contributed by atoms with van der Waals surface area (Å²) in [4.78, 5) is 37.3. The summed E-state index contributed by atoms with van der Waals surface area (Å²) < 4.78 is 5.16. The van der Waals surface area contributed by atoms with E-state index >= 15 is 0 Å². The zero-order valence-electron chi connectivity index (χ0n) is 14.0. The van der Waals surface area contributed by atoms with Crippen LogP contribution in [0.15, 0.2) is 39.9 Å². The van der Waals surface area contributed by atoms with E-state index in [2.05, 4.69) is 0 Å². The summed E-state index contributed by atoms with van der Waals surface area (Å²) in [6.45, 7) is 2.95.